The Morgan fingerprint density at radius 3 is 2.85 bits per heavy atom. The molecule has 3 N–H and O–H groups in total. The maximum Gasteiger partial charge on any atom is 0.252 e. The van der Waals surface area contributed by atoms with E-state index in [9.17, 15) is 9.90 Å². The van der Waals surface area contributed by atoms with Crippen molar-refractivity contribution >= 4 is 5.91 Å². The van der Waals surface area contributed by atoms with Gasteiger partial charge in [0.1, 0.15) is 11.5 Å². The number of hydrogen-bond donors (Lipinski definition) is 2. The van der Waals surface area contributed by atoms with Crippen LogP contribution in [0, 0.1) is 6.92 Å². The highest BCUT2D eigenvalue weighted by atomic mass is 16.5. The van der Waals surface area contributed by atoms with Crippen LogP contribution in [0.5, 0.6) is 11.5 Å². The van der Waals surface area contributed by atoms with Gasteiger partial charge in [-0.05, 0) is 25.1 Å². The van der Waals surface area contributed by atoms with Gasteiger partial charge in [0.25, 0.3) is 5.91 Å². The Bertz CT molecular complexity index is 323. The highest BCUT2D eigenvalue weighted by molar-refractivity contribution is 5.95. The third-order valence-corrected chi connectivity index (χ3v) is 1.50. The van der Waals surface area contributed by atoms with E-state index in [2.05, 4.69) is 6.92 Å². The van der Waals surface area contributed by atoms with Gasteiger partial charge in [0.15, 0.2) is 0 Å². The molecule has 13 heavy (non-hydrogen) atoms. The summed E-state index contributed by atoms with van der Waals surface area (Å²) in [4.78, 5) is 10.8. The molecular formula is C9H10NO3. The van der Waals surface area contributed by atoms with Crippen molar-refractivity contribution in [1.82, 2.24) is 0 Å². The molecule has 0 spiro atoms. The SMILES string of the molecule is [CH2]COc1ccc(O)c(C(N)=O)c1. The summed E-state index contributed by atoms with van der Waals surface area (Å²) in [6, 6.07) is 4.26. The van der Waals surface area contributed by atoms with E-state index in [1.165, 1.54) is 18.2 Å². The van der Waals surface area contributed by atoms with E-state index >= 15 is 0 Å². The molecule has 1 rings (SSSR count). The summed E-state index contributed by atoms with van der Waals surface area (Å²) >= 11 is 0. The molecule has 0 saturated heterocycles. The molecule has 69 valence electrons. The molecule has 0 aliphatic heterocycles. The van der Waals surface area contributed by atoms with Gasteiger partial charge in [-0.2, -0.15) is 0 Å². The van der Waals surface area contributed by atoms with Crippen LogP contribution in [0.2, 0.25) is 0 Å². The van der Waals surface area contributed by atoms with E-state index in [0.717, 1.165) is 0 Å². The minimum atomic E-state index is -0.688. The second kappa shape index (κ2) is 3.80. The average molecular weight is 180 g/mol. The van der Waals surface area contributed by atoms with Crippen molar-refractivity contribution in [2.24, 2.45) is 5.73 Å². The van der Waals surface area contributed by atoms with Gasteiger partial charge in [-0.25, -0.2) is 0 Å². The first-order valence-electron chi connectivity index (χ1n) is 3.70. The maximum atomic E-state index is 10.8. The van der Waals surface area contributed by atoms with E-state index in [1.54, 1.807) is 0 Å². The van der Waals surface area contributed by atoms with Crippen LogP contribution in [-0.2, 0) is 0 Å². The van der Waals surface area contributed by atoms with Crippen LogP contribution in [0.15, 0.2) is 18.2 Å². The lowest BCUT2D eigenvalue weighted by molar-refractivity contribution is 0.0997. The van der Waals surface area contributed by atoms with Gasteiger partial charge >= 0.3 is 0 Å². The normalized spacial score (nSPS) is 9.62. The fourth-order valence-electron chi connectivity index (χ4n) is 0.920. The number of nitrogens with two attached hydrogens (primary N) is 1. The molecular weight excluding hydrogens is 170 g/mol. The highest BCUT2D eigenvalue weighted by Crippen LogP contribution is 2.22. The molecule has 4 nitrogen and oxygen atoms in total. The van der Waals surface area contributed by atoms with Crippen molar-refractivity contribution in [2.75, 3.05) is 6.61 Å². The van der Waals surface area contributed by atoms with E-state index in [1.807, 2.05) is 0 Å². The molecule has 0 fully saturated rings. The van der Waals surface area contributed by atoms with Gasteiger partial charge in [-0.15, -0.1) is 0 Å². The Labute approximate surface area is 75.9 Å². The fraction of sp³-hybridized carbons (Fsp3) is 0.111. The molecule has 1 aromatic rings. The first kappa shape index (κ1) is 9.38. The van der Waals surface area contributed by atoms with Crippen LogP contribution < -0.4 is 10.5 Å². The number of phenols is 1. The van der Waals surface area contributed by atoms with Crippen LogP contribution >= 0.6 is 0 Å². The topological polar surface area (TPSA) is 72.6 Å². The number of amides is 1. The van der Waals surface area contributed by atoms with E-state index in [-0.39, 0.29) is 17.9 Å². The standard InChI is InChI=1S/C9H10NO3/c1-2-13-6-3-4-8(11)7(5-6)9(10)12/h3-5,11H,1-2H2,(H2,10,12). The predicted octanol–water partition coefficient (Wildman–Crippen LogP) is 0.704. The monoisotopic (exact) mass is 180 g/mol. The van der Waals surface area contributed by atoms with Crippen molar-refractivity contribution in [3.05, 3.63) is 30.7 Å². The third-order valence-electron chi connectivity index (χ3n) is 1.50. The summed E-state index contributed by atoms with van der Waals surface area (Å²) in [7, 11) is 0. The molecule has 1 amide bonds. The van der Waals surface area contributed by atoms with Crippen LogP contribution in [-0.4, -0.2) is 17.6 Å². The van der Waals surface area contributed by atoms with Gasteiger partial charge in [0.2, 0.25) is 0 Å². The van der Waals surface area contributed by atoms with E-state index < -0.39 is 5.91 Å². The molecule has 0 saturated carbocycles. The smallest absolute Gasteiger partial charge is 0.252 e. The molecule has 4 heteroatoms. The summed E-state index contributed by atoms with van der Waals surface area (Å²) < 4.78 is 5.02. The minimum absolute atomic E-state index is 0.0472. The number of rotatable bonds is 3. The second-order valence-corrected chi connectivity index (χ2v) is 2.39. The van der Waals surface area contributed by atoms with Crippen molar-refractivity contribution in [2.45, 2.75) is 0 Å². The number of carbonyl (C=O) groups excluding carboxylic acids is 1. The van der Waals surface area contributed by atoms with Crippen molar-refractivity contribution in [3.63, 3.8) is 0 Å². The Morgan fingerprint density at radius 1 is 1.62 bits per heavy atom. The summed E-state index contributed by atoms with van der Waals surface area (Å²) in [6.07, 6.45) is 0. The van der Waals surface area contributed by atoms with Crippen LogP contribution in [0.1, 0.15) is 10.4 Å². The number of benzene rings is 1. The van der Waals surface area contributed by atoms with E-state index in [0.29, 0.717) is 5.75 Å². The van der Waals surface area contributed by atoms with Crippen molar-refractivity contribution in [1.29, 1.82) is 0 Å². The maximum absolute atomic E-state index is 10.8. The Hall–Kier alpha value is -1.71. The number of hydrogen-bond acceptors (Lipinski definition) is 3. The zero-order chi connectivity index (χ0) is 9.84. The lowest BCUT2D eigenvalue weighted by atomic mass is 10.2. The van der Waals surface area contributed by atoms with Gasteiger partial charge in [0, 0.05) is 0 Å². The Kier molecular flexibility index (Phi) is 2.74. The molecule has 0 aliphatic rings. The van der Waals surface area contributed by atoms with Gasteiger partial charge in [-0.3, -0.25) is 4.79 Å². The Morgan fingerprint density at radius 2 is 2.31 bits per heavy atom. The van der Waals surface area contributed by atoms with Gasteiger partial charge < -0.3 is 15.6 Å². The summed E-state index contributed by atoms with van der Waals surface area (Å²) in [6.45, 7) is 3.73. The van der Waals surface area contributed by atoms with Gasteiger partial charge in [0.05, 0.1) is 12.2 Å². The summed E-state index contributed by atoms with van der Waals surface area (Å²) in [5.74, 6) is -0.377. The lowest BCUT2D eigenvalue weighted by Crippen LogP contribution is -2.11. The first-order chi connectivity index (χ1) is 6.15. The lowest BCUT2D eigenvalue weighted by Gasteiger charge is -2.05. The molecule has 0 heterocycles. The van der Waals surface area contributed by atoms with Gasteiger partial charge in [-0.1, -0.05) is 0 Å². The Balaban J connectivity index is 3.04. The zero-order valence-electron chi connectivity index (χ0n) is 6.99. The average Bonchev–Trinajstić information content (AvgIpc) is 2.08. The number of ether oxygens (including phenoxy) is 1. The van der Waals surface area contributed by atoms with Crippen molar-refractivity contribution < 1.29 is 14.6 Å². The van der Waals surface area contributed by atoms with Crippen LogP contribution in [0.3, 0.4) is 0 Å². The highest BCUT2D eigenvalue weighted by Gasteiger charge is 2.08. The molecule has 1 radical (unpaired) electrons. The minimum Gasteiger partial charge on any atom is -0.507 e. The third kappa shape index (κ3) is 2.11. The molecule has 0 aromatic heterocycles. The fourth-order valence-corrected chi connectivity index (χ4v) is 0.920. The molecule has 0 atom stereocenters. The van der Waals surface area contributed by atoms with E-state index in [4.69, 9.17) is 10.5 Å². The van der Waals surface area contributed by atoms with Crippen molar-refractivity contribution in [3.8, 4) is 11.5 Å². The first-order valence-corrected chi connectivity index (χ1v) is 3.70. The number of carbonyl (C=O) groups is 1. The second-order valence-electron chi connectivity index (χ2n) is 2.39. The molecule has 0 unspecified atom stereocenters. The largest absolute Gasteiger partial charge is 0.507 e. The molecule has 1 aromatic carbocycles. The van der Waals surface area contributed by atoms with Crippen LogP contribution in [0.25, 0.3) is 0 Å². The molecule has 0 aliphatic carbocycles. The summed E-state index contributed by atoms with van der Waals surface area (Å²) in [5, 5.41) is 9.20. The zero-order valence-corrected chi connectivity index (χ0v) is 6.99. The molecule has 0 bridgehead atoms. The van der Waals surface area contributed by atoms with Crippen LogP contribution in [0.4, 0.5) is 0 Å². The number of primary amides is 1. The summed E-state index contributed by atoms with van der Waals surface area (Å²) in [5.41, 5.74) is 5.06. The number of aromatic hydroxyl groups is 1. The predicted molar refractivity (Wildman–Crippen MR) is 47.5 cm³/mol. The quantitative estimate of drug-likeness (QED) is 0.719.